The predicted molar refractivity (Wildman–Crippen MR) is 120 cm³/mol. The van der Waals surface area contributed by atoms with Gasteiger partial charge in [-0.3, -0.25) is 9.69 Å². The first-order valence-electron chi connectivity index (χ1n) is 11.0. The largest absolute Gasteiger partial charge is 0.347 e. The molecule has 2 aromatic carbocycles. The van der Waals surface area contributed by atoms with Gasteiger partial charge in [0.1, 0.15) is 5.82 Å². The molecule has 162 valence electrons. The Kier molecular flexibility index (Phi) is 6.47. The maximum Gasteiger partial charge on any atom is 0.272 e. The van der Waals surface area contributed by atoms with Crippen LogP contribution in [0, 0.1) is 5.82 Å². The number of carbonyl (C=O) groups is 1. The second kappa shape index (κ2) is 9.43. The van der Waals surface area contributed by atoms with Gasteiger partial charge in [-0.05, 0) is 67.7 Å². The van der Waals surface area contributed by atoms with Gasteiger partial charge < -0.3 is 5.32 Å². The minimum atomic E-state index is -0.284. The van der Waals surface area contributed by atoms with Crippen molar-refractivity contribution in [1.29, 1.82) is 0 Å². The summed E-state index contributed by atoms with van der Waals surface area (Å²) in [6.07, 6.45) is 2.72. The average Bonchev–Trinajstić information content (AvgIpc) is 3.40. The minimum absolute atomic E-state index is 0.159. The molecule has 0 saturated carbocycles. The summed E-state index contributed by atoms with van der Waals surface area (Å²) in [7, 11) is 0. The standard InChI is InChI=1S/C25H29FN4O/c1-3-29(4-2)17-19-8-5-7-18(15-19)16-27-25(31)24-22-9-6-10-23(22)30(28-24)21-13-11-20(26)12-14-21/h5,7-8,11-15H,3-4,6,9-10,16-17H2,1-2H3,(H,27,31). The summed E-state index contributed by atoms with van der Waals surface area (Å²) in [5, 5.41) is 7.64. The van der Waals surface area contributed by atoms with Crippen LogP contribution in [0.4, 0.5) is 4.39 Å². The first-order valence-corrected chi connectivity index (χ1v) is 11.0. The fourth-order valence-corrected chi connectivity index (χ4v) is 4.23. The van der Waals surface area contributed by atoms with Gasteiger partial charge in [0.15, 0.2) is 5.69 Å². The zero-order valence-corrected chi connectivity index (χ0v) is 18.2. The molecule has 0 spiro atoms. The summed E-state index contributed by atoms with van der Waals surface area (Å²) in [6, 6.07) is 14.6. The SMILES string of the molecule is CCN(CC)Cc1cccc(CNC(=O)c2nn(-c3ccc(F)cc3)c3c2CCC3)c1. The fourth-order valence-electron chi connectivity index (χ4n) is 4.23. The lowest BCUT2D eigenvalue weighted by Crippen LogP contribution is -2.25. The first-order chi connectivity index (χ1) is 15.1. The molecule has 0 saturated heterocycles. The summed E-state index contributed by atoms with van der Waals surface area (Å²) < 4.78 is 15.1. The number of carbonyl (C=O) groups excluding carboxylic acids is 1. The molecular formula is C25H29FN4O. The van der Waals surface area contributed by atoms with E-state index in [0.717, 1.165) is 61.4 Å². The average molecular weight is 421 g/mol. The number of nitrogens with one attached hydrogen (secondary N) is 1. The molecule has 1 heterocycles. The van der Waals surface area contributed by atoms with Crippen molar-refractivity contribution >= 4 is 5.91 Å². The van der Waals surface area contributed by atoms with Gasteiger partial charge in [-0.25, -0.2) is 9.07 Å². The molecular weight excluding hydrogens is 391 g/mol. The maximum absolute atomic E-state index is 13.3. The number of rotatable bonds is 8. The van der Waals surface area contributed by atoms with Crippen LogP contribution in [0.15, 0.2) is 48.5 Å². The van der Waals surface area contributed by atoms with Crippen LogP contribution in [0.2, 0.25) is 0 Å². The number of nitrogens with zero attached hydrogens (tertiary/aromatic N) is 3. The number of fused-ring (bicyclic) bond motifs is 1. The fraction of sp³-hybridized carbons (Fsp3) is 0.360. The van der Waals surface area contributed by atoms with Gasteiger partial charge >= 0.3 is 0 Å². The van der Waals surface area contributed by atoms with E-state index in [2.05, 4.69) is 41.3 Å². The van der Waals surface area contributed by atoms with E-state index in [1.54, 1.807) is 16.8 Å². The third-order valence-corrected chi connectivity index (χ3v) is 5.96. The lowest BCUT2D eigenvalue weighted by Gasteiger charge is -2.18. The molecule has 0 atom stereocenters. The lowest BCUT2D eigenvalue weighted by atomic mass is 10.1. The molecule has 1 aliphatic carbocycles. The Morgan fingerprint density at radius 3 is 2.58 bits per heavy atom. The van der Waals surface area contributed by atoms with Crippen LogP contribution < -0.4 is 5.32 Å². The van der Waals surface area contributed by atoms with Gasteiger partial charge in [-0.1, -0.05) is 38.1 Å². The number of aromatic nitrogens is 2. The molecule has 31 heavy (non-hydrogen) atoms. The van der Waals surface area contributed by atoms with E-state index in [-0.39, 0.29) is 11.7 Å². The molecule has 1 aromatic heterocycles. The Balaban J connectivity index is 1.49. The summed E-state index contributed by atoms with van der Waals surface area (Å²) in [4.78, 5) is 15.3. The van der Waals surface area contributed by atoms with Crippen molar-refractivity contribution in [2.75, 3.05) is 13.1 Å². The van der Waals surface area contributed by atoms with E-state index in [4.69, 9.17) is 0 Å². The highest BCUT2D eigenvalue weighted by atomic mass is 19.1. The number of hydrogen-bond donors (Lipinski definition) is 1. The Labute approximate surface area is 182 Å². The molecule has 0 unspecified atom stereocenters. The van der Waals surface area contributed by atoms with Gasteiger partial charge in [0.25, 0.3) is 5.91 Å². The molecule has 0 radical (unpaired) electrons. The van der Waals surface area contributed by atoms with E-state index in [1.165, 1.54) is 17.7 Å². The molecule has 0 bridgehead atoms. The van der Waals surface area contributed by atoms with Crippen LogP contribution in [0.3, 0.4) is 0 Å². The quantitative estimate of drug-likeness (QED) is 0.592. The molecule has 1 aliphatic rings. The third-order valence-electron chi connectivity index (χ3n) is 5.96. The second-order valence-corrected chi connectivity index (χ2v) is 7.98. The minimum Gasteiger partial charge on any atom is -0.347 e. The highest BCUT2D eigenvalue weighted by molar-refractivity contribution is 5.94. The smallest absolute Gasteiger partial charge is 0.272 e. The molecule has 1 amide bonds. The highest BCUT2D eigenvalue weighted by Crippen LogP contribution is 2.28. The summed E-state index contributed by atoms with van der Waals surface area (Å²) >= 11 is 0. The third kappa shape index (κ3) is 4.69. The Bertz CT molecular complexity index is 1050. The van der Waals surface area contributed by atoms with Crippen molar-refractivity contribution in [2.24, 2.45) is 0 Å². The van der Waals surface area contributed by atoms with Crippen molar-refractivity contribution in [3.8, 4) is 5.69 Å². The van der Waals surface area contributed by atoms with Crippen molar-refractivity contribution in [2.45, 2.75) is 46.2 Å². The molecule has 6 heteroatoms. The van der Waals surface area contributed by atoms with Gasteiger partial charge in [-0.2, -0.15) is 5.10 Å². The Morgan fingerprint density at radius 2 is 1.84 bits per heavy atom. The van der Waals surface area contributed by atoms with Gasteiger partial charge in [0.2, 0.25) is 0 Å². The summed E-state index contributed by atoms with van der Waals surface area (Å²) in [6.45, 7) is 7.72. The van der Waals surface area contributed by atoms with Crippen LogP contribution in [-0.2, 0) is 25.9 Å². The van der Waals surface area contributed by atoms with Crippen LogP contribution in [-0.4, -0.2) is 33.7 Å². The van der Waals surface area contributed by atoms with E-state index >= 15 is 0 Å². The summed E-state index contributed by atoms with van der Waals surface area (Å²) in [5.41, 5.74) is 5.65. The molecule has 3 aromatic rings. The number of amides is 1. The van der Waals surface area contributed by atoms with E-state index < -0.39 is 0 Å². The topological polar surface area (TPSA) is 50.2 Å². The van der Waals surface area contributed by atoms with Crippen molar-refractivity contribution in [3.05, 3.63) is 82.4 Å². The monoisotopic (exact) mass is 420 g/mol. The molecule has 1 N–H and O–H groups in total. The Hall–Kier alpha value is -2.99. The zero-order valence-electron chi connectivity index (χ0n) is 18.2. The zero-order chi connectivity index (χ0) is 21.8. The van der Waals surface area contributed by atoms with Crippen molar-refractivity contribution in [1.82, 2.24) is 20.0 Å². The van der Waals surface area contributed by atoms with Crippen molar-refractivity contribution in [3.63, 3.8) is 0 Å². The lowest BCUT2D eigenvalue weighted by molar-refractivity contribution is 0.0944. The normalized spacial score (nSPS) is 12.9. The van der Waals surface area contributed by atoms with Gasteiger partial charge in [0.05, 0.1) is 5.69 Å². The molecule has 0 fully saturated rings. The summed E-state index contributed by atoms with van der Waals surface area (Å²) in [5.74, 6) is -0.443. The maximum atomic E-state index is 13.3. The van der Waals surface area contributed by atoms with Crippen LogP contribution >= 0.6 is 0 Å². The number of benzene rings is 2. The number of halogens is 1. The van der Waals surface area contributed by atoms with Crippen molar-refractivity contribution < 1.29 is 9.18 Å². The Morgan fingerprint density at radius 1 is 1.10 bits per heavy atom. The van der Waals surface area contributed by atoms with Gasteiger partial charge in [0, 0.05) is 24.3 Å². The molecule has 5 nitrogen and oxygen atoms in total. The van der Waals surface area contributed by atoms with Gasteiger partial charge in [-0.15, -0.1) is 0 Å². The molecule has 0 aliphatic heterocycles. The van der Waals surface area contributed by atoms with Crippen LogP contribution in [0.1, 0.15) is 53.1 Å². The number of hydrogen-bond acceptors (Lipinski definition) is 3. The predicted octanol–water partition coefficient (Wildman–Crippen LogP) is 4.27. The second-order valence-electron chi connectivity index (χ2n) is 7.98. The first kappa shape index (κ1) is 21.2. The van der Waals surface area contributed by atoms with E-state index in [1.807, 2.05) is 12.1 Å². The molecule has 4 rings (SSSR count). The highest BCUT2D eigenvalue weighted by Gasteiger charge is 2.26. The van der Waals surface area contributed by atoms with Crippen LogP contribution in [0.25, 0.3) is 5.69 Å². The van der Waals surface area contributed by atoms with Crippen LogP contribution in [0.5, 0.6) is 0 Å². The van der Waals surface area contributed by atoms with E-state index in [9.17, 15) is 9.18 Å². The van der Waals surface area contributed by atoms with E-state index in [0.29, 0.717) is 12.2 Å².